The summed E-state index contributed by atoms with van der Waals surface area (Å²) in [6.07, 6.45) is 76.6. The number of carbonyl (C=O) groups excluding carboxylic acids is 3. The van der Waals surface area contributed by atoms with Gasteiger partial charge in [-0.05, 0) is 83.5 Å². The van der Waals surface area contributed by atoms with Crippen LogP contribution < -0.4 is 0 Å². The van der Waals surface area contributed by atoms with E-state index in [0.29, 0.717) is 19.3 Å². The van der Waals surface area contributed by atoms with Gasteiger partial charge in [0.2, 0.25) is 0 Å². The maximum Gasteiger partial charge on any atom is 0.306 e. The predicted octanol–water partition coefficient (Wildman–Crippen LogP) is 21.2. The highest BCUT2D eigenvalue weighted by Crippen LogP contribution is 2.17. The Labute approximate surface area is 447 Å². The standard InChI is InChI=1S/C66H118O6/c1-4-7-10-13-16-19-22-25-26-27-28-29-30-31-32-33-34-35-36-37-38-39-40-42-44-47-50-53-56-59-65(68)71-62-63(61-70-64(67)58-55-52-49-46-43-24-21-18-15-12-9-6-3)72-66(69)60-57-54-51-48-45-41-23-20-17-14-11-8-5-2/h7,10,16,18-19,21,25-26,28-29,63H,4-6,8-9,11-15,17,20,22-24,27,30-62H2,1-3H3/b10-7-,19-16-,21-18-,26-25-,29-28-. The molecule has 0 aromatic heterocycles. The van der Waals surface area contributed by atoms with Crippen molar-refractivity contribution in [1.82, 2.24) is 0 Å². The number of hydrogen-bond donors (Lipinski definition) is 0. The van der Waals surface area contributed by atoms with Gasteiger partial charge in [0, 0.05) is 19.3 Å². The summed E-state index contributed by atoms with van der Waals surface area (Å²) < 4.78 is 16.9. The highest BCUT2D eigenvalue weighted by molar-refractivity contribution is 5.71. The molecule has 1 unspecified atom stereocenters. The Kier molecular flexibility index (Phi) is 58.2. The van der Waals surface area contributed by atoms with E-state index in [-0.39, 0.29) is 31.1 Å². The van der Waals surface area contributed by atoms with Gasteiger partial charge in [0.15, 0.2) is 6.10 Å². The van der Waals surface area contributed by atoms with Crippen molar-refractivity contribution in [3.05, 3.63) is 60.8 Å². The third-order valence-corrected chi connectivity index (χ3v) is 13.8. The first-order valence-electron chi connectivity index (χ1n) is 31.3. The molecule has 0 radical (unpaired) electrons. The van der Waals surface area contributed by atoms with Crippen LogP contribution in [0.4, 0.5) is 0 Å². The first-order valence-corrected chi connectivity index (χ1v) is 31.3. The van der Waals surface area contributed by atoms with Gasteiger partial charge in [-0.25, -0.2) is 0 Å². The normalized spacial score (nSPS) is 12.4. The van der Waals surface area contributed by atoms with Crippen LogP contribution in [0.1, 0.15) is 323 Å². The Hall–Kier alpha value is -2.89. The molecular weight excluding hydrogens is 889 g/mol. The van der Waals surface area contributed by atoms with E-state index >= 15 is 0 Å². The zero-order valence-electron chi connectivity index (χ0n) is 47.9. The zero-order valence-corrected chi connectivity index (χ0v) is 47.9. The number of ether oxygens (including phenoxy) is 3. The lowest BCUT2D eigenvalue weighted by Crippen LogP contribution is -2.30. The first kappa shape index (κ1) is 69.1. The number of esters is 3. The third kappa shape index (κ3) is 58.0. The summed E-state index contributed by atoms with van der Waals surface area (Å²) in [5.41, 5.74) is 0. The van der Waals surface area contributed by atoms with Gasteiger partial charge < -0.3 is 14.2 Å². The van der Waals surface area contributed by atoms with Crippen molar-refractivity contribution < 1.29 is 28.6 Å². The average Bonchev–Trinajstić information content (AvgIpc) is 3.38. The largest absolute Gasteiger partial charge is 0.462 e. The van der Waals surface area contributed by atoms with Crippen LogP contribution in [-0.2, 0) is 28.6 Å². The number of carbonyl (C=O) groups is 3. The predicted molar refractivity (Wildman–Crippen MR) is 312 cm³/mol. The topological polar surface area (TPSA) is 78.9 Å². The molecule has 6 nitrogen and oxygen atoms in total. The molecule has 72 heavy (non-hydrogen) atoms. The van der Waals surface area contributed by atoms with Gasteiger partial charge >= 0.3 is 17.9 Å². The van der Waals surface area contributed by atoms with Crippen molar-refractivity contribution in [3.63, 3.8) is 0 Å². The van der Waals surface area contributed by atoms with E-state index in [1.807, 2.05) is 0 Å². The van der Waals surface area contributed by atoms with Gasteiger partial charge in [-0.1, -0.05) is 281 Å². The third-order valence-electron chi connectivity index (χ3n) is 13.8. The molecule has 0 heterocycles. The number of allylic oxidation sites excluding steroid dienone is 10. The van der Waals surface area contributed by atoms with Gasteiger partial charge in [0.1, 0.15) is 13.2 Å². The maximum atomic E-state index is 12.8. The van der Waals surface area contributed by atoms with Crippen LogP contribution in [0.5, 0.6) is 0 Å². The highest BCUT2D eigenvalue weighted by Gasteiger charge is 2.19. The summed E-state index contributed by atoms with van der Waals surface area (Å²) in [5, 5.41) is 0. The lowest BCUT2D eigenvalue weighted by molar-refractivity contribution is -0.167. The first-order chi connectivity index (χ1) is 35.5. The quantitative estimate of drug-likeness (QED) is 0.0261. The molecule has 1 atom stereocenters. The van der Waals surface area contributed by atoms with Crippen LogP contribution in [0.15, 0.2) is 60.8 Å². The van der Waals surface area contributed by atoms with Gasteiger partial charge in [-0.2, -0.15) is 0 Å². The van der Waals surface area contributed by atoms with Gasteiger partial charge in [0.25, 0.3) is 0 Å². The van der Waals surface area contributed by atoms with E-state index in [1.165, 1.54) is 193 Å². The SMILES string of the molecule is CC/C=C\C/C=C\C/C=C\C/C=C\CCCCCCCCCCCCCCCCCCC(=O)OCC(COC(=O)CCCCCCC/C=C\CCCCC)OC(=O)CCCCCCCCCCCCCCC. The molecule has 0 aromatic carbocycles. The van der Waals surface area contributed by atoms with Crippen LogP contribution in [0, 0.1) is 0 Å². The molecule has 0 fully saturated rings. The molecule has 0 bridgehead atoms. The Morgan fingerprint density at radius 3 is 0.889 bits per heavy atom. The molecule has 0 saturated heterocycles. The molecule has 0 aromatic rings. The summed E-state index contributed by atoms with van der Waals surface area (Å²) in [6.45, 7) is 6.53. The van der Waals surface area contributed by atoms with E-state index in [1.54, 1.807) is 0 Å². The summed E-state index contributed by atoms with van der Waals surface area (Å²) in [6, 6.07) is 0. The van der Waals surface area contributed by atoms with E-state index < -0.39 is 6.10 Å². The molecule has 0 amide bonds. The van der Waals surface area contributed by atoms with Crippen molar-refractivity contribution in [2.75, 3.05) is 13.2 Å². The minimum atomic E-state index is -0.773. The minimum absolute atomic E-state index is 0.0722. The van der Waals surface area contributed by atoms with Crippen molar-refractivity contribution in [3.8, 4) is 0 Å². The van der Waals surface area contributed by atoms with E-state index in [2.05, 4.69) is 81.5 Å². The molecule has 0 spiro atoms. The molecule has 418 valence electrons. The van der Waals surface area contributed by atoms with Gasteiger partial charge in [-0.3, -0.25) is 14.4 Å². The summed E-state index contributed by atoms with van der Waals surface area (Å²) in [7, 11) is 0. The second kappa shape index (κ2) is 60.7. The van der Waals surface area contributed by atoms with Crippen molar-refractivity contribution in [1.29, 1.82) is 0 Å². The lowest BCUT2D eigenvalue weighted by Gasteiger charge is -2.18. The molecule has 0 aliphatic rings. The smallest absolute Gasteiger partial charge is 0.306 e. The van der Waals surface area contributed by atoms with Crippen molar-refractivity contribution in [2.24, 2.45) is 0 Å². The number of rotatable bonds is 57. The average molecular weight is 1010 g/mol. The van der Waals surface area contributed by atoms with Gasteiger partial charge in [0.05, 0.1) is 0 Å². The van der Waals surface area contributed by atoms with Crippen molar-refractivity contribution in [2.45, 2.75) is 329 Å². The Balaban J connectivity index is 4.14. The van der Waals surface area contributed by atoms with E-state index in [9.17, 15) is 14.4 Å². The molecule has 0 aliphatic carbocycles. The van der Waals surface area contributed by atoms with Crippen LogP contribution in [0.25, 0.3) is 0 Å². The van der Waals surface area contributed by atoms with Gasteiger partial charge in [-0.15, -0.1) is 0 Å². The summed E-state index contributed by atoms with van der Waals surface area (Å²) in [5.74, 6) is -0.865. The zero-order chi connectivity index (χ0) is 52.2. The monoisotopic (exact) mass is 1010 g/mol. The fourth-order valence-electron chi connectivity index (χ4n) is 9.08. The molecule has 0 N–H and O–H groups in total. The second-order valence-electron chi connectivity index (χ2n) is 20.9. The molecule has 0 rings (SSSR count). The Morgan fingerprint density at radius 1 is 0.292 bits per heavy atom. The van der Waals surface area contributed by atoms with E-state index in [0.717, 1.165) is 89.9 Å². The fourth-order valence-corrected chi connectivity index (χ4v) is 9.08. The minimum Gasteiger partial charge on any atom is -0.462 e. The fraction of sp³-hybridized carbons (Fsp3) is 0.803. The number of hydrogen-bond acceptors (Lipinski definition) is 6. The van der Waals surface area contributed by atoms with E-state index in [4.69, 9.17) is 14.2 Å². The Morgan fingerprint density at radius 2 is 0.542 bits per heavy atom. The Bertz CT molecular complexity index is 1290. The summed E-state index contributed by atoms with van der Waals surface area (Å²) >= 11 is 0. The molecule has 0 saturated carbocycles. The summed E-state index contributed by atoms with van der Waals surface area (Å²) in [4.78, 5) is 38.2. The second-order valence-corrected chi connectivity index (χ2v) is 20.9. The number of unbranched alkanes of at least 4 members (excludes halogenated alkanes) is 36. The van der Waals surface area contributed by atoms with Crippen molar-refractivity contribution >= 4 is 17.9 Å². The molecule has 0 aliphatic heterocycles. The molecule has 6 heteroatoms. The van der Waals surface area contributed by atoms with Crippen LogP contribution >= 0.6 is 0 Å². The van der Waals surface area contributed by atoms with Crippen LogP contribution in [-0.4, -0.2) is 37.2 Å². The van der Waals surface area contributed by atoms with Crippen LogP contribution in [0.3, 0.4) is 0 Å². The van der Waals surface area contributed by atoms with Crippen LogP contribution in [0.2, 0.25) is 0 Å². The maximum absolute atomic E-state index is 12.8. The molecular formula is C66H118O6. The highest BCUT2D eigenvalue weighted by atomic mass is 16.6. The lowest BCUT2D eigenvalue weighted by atomic mass is 10.0.